The number of benzene rings is 1. The molecule has 0 saturated carbocycles. The summed E-state index contributed by atoms with van der Waals surface area (Å²) in [6.07, 6.45) is 5.54. The van der Waals surface area contributed by atoms with Crippen molar-refractivity contribution in [2.75, 3.05) is 19.7 Å². The molecule has 1 aliphatic heterocycles. The summed E-state index contributed by atoms with van der Waals surface area (Å²) >= 11 is 0. The van der Waals surface area contributed by atoms with E-state index in [0.717, 1.165) is 13.1 Å². The molecule has 2 heteroatoms. The van der Waals surface area contributed by atoms with Crippen molar-refractivity contribution in [3.05, 3.63) is 42.0 Å². The average molecular weight is 231 g/mol. The van der Waals surface area contributed by atoms with Crippen molar-refractivity contribution in [3.8, 4) is 0 Å². The largest absolute Gasteiger partial charge is 0.395 e. The minimum absolute atomic E-state index is 0.278. The van der Waals surface area contributed by atoms with E-state index < -0.39 is 0 Å². The Morgan fingerprint density at radius 2 is 2.12 bits per heavy atom. The molecule has 0 radical (unpaired) electrons. The number of hydrogen-bond acceptors (Lipinski definition) is 2. The summed E-state index contributed by atoms with van der Waals surface area (Å²) in [6, 6.07) is 10.7. The lowest BCUT2D eigenvalue weighted by Crippen LogP contribution is -2.35. The maximum absolute atomic E-state index is 9.36. The van der Waals surface area contributed by atoms with E-state index in [1.807, 2.05) is 18.2 Å². The van der Waals surface area contributed by atoms with Gasteiger partial charge < -0.3 is 5.11 Å². The molecule has 0 amide bonds. The molecule has 1 aromatic carbocycles. The predicted molar refractivity (Wildman–Crippen MR) is 71.7 cm³/mol. The van der Waals surface area contributed by atoms with E-state index >= 15 is 0 Å². The van der Waals surface area contributed by atoms with Crippen LogP contribution in [0.4, 0.5) is 0 Å². The third-order valence-electron chi connectivity index (χ3n) is 3.63. The summed E-state index contributed by atoms with van der Waals surface area (Å²) in [5, 5.41) is 9.36. The van der Waals surface area contributed by atoms with Gasteiger partial charge in [-0.2, -0.15) is 0 Å². The SMILES string of the molecule is CC1CCN(C/C=C/c2ccccc2)C1CO. The fourth-order valence-corrected chi connectivity index (χ4v) is 2.50. The summed E-state index contributed by atoms with van der Waals surface area (Å²) in [4.78, 5) is 2.37. The van der Waals surface area contributed by atoms with E-state index in [2.05, 4.69) is 36.1 Å². The Labute approximate surface area is 104 Å². The van der Waals surface area contributed by atoms with Crippen molar-refractivity contribution in [3.63, 3.8) is 0 Å². The summed E-state index contributed by atoms with van der Waals surface area (Å²) in [7, 11) is 0. The minimum Gasteiger partial charge on any atom is -0.395 e. The molecule has 1 aromatic rings. The van der Waals surface area contributed by atoms with Gasteiger partial charge in [0.25, 0.3) is 0 Å². The zero-order valence-electron chi connectivity index (χ0n) is 10.4. The molecule has 0 aliphatic carbocycles. The summed E-state index contributed by atoms with van der Waals surface area (Å²) in [5.74, 6) is 0.616. The summed E-state index contributed by atoms with van der Waals surface area (Å²) in [6.45, 7) is 4.54. The van der Waals surface area contributed by atoms with Gasteiger partial charge in [-0.25, -0.2) is 0 Å². The van der Waals surface area contributed by atoms with Crippen molar-refractivity contribution >= 4 is 6.08 Å². The molecule has 0 spiro atoms. The second-order valence-corrected chi connectivity index (χ2v) is 4.82. The Kier molecular flexibility index (Phi) is 4.35. The first-order valence-electron chi connectivity index (χ1n) is 6.38. The van der Waals surface area contributed by atoms with Crippen LogP contribution in [0.2, 0.25) is 0 Å². The molecular formula is C15H21NO. The molecule has 1 saturated heterocycles. The molecule has 0 aromatic heterocycles. The van der Waals surface area contributed by atoms with Gasteiger partial charge in [-0.3, -0.25) is 4.90 Å². The summed E-state index contributed by atoms with van der Waals surface area (Å²) in [5.41, 5.74) is 1.24. The van der Waals surface area contributed by atoms with E-state index in [-0.39, 0.29) is 6.61 Å². The van der Waals surface area contributed by atoms with Crippen LogP contribution in [0.15, 0.2) is 36.4 Å². The molecule has 2 unspecified atom stereocenters. The molecule has 2 atom stereocenters. The first kappa shape index (κ1) is 12.3. The van der Waals surface area contributed by atoms with Crippen LogP contribution in [-0.4, -0.2) is 35.7 Å². The number of rotatable bonds is 4. The van der Waals surface area contributed by atoms with Crippen LogP contribution in [-0.2, 0) is 0 Å². The lowest BCUT2D eigenvalue weighted by atomic mass is 10.0. The maximum Gasteiger partial charge on any atom is 0.0589 e. The fourth-order valence-electron chi connectivity index (χ4n) is 2.50. The lowest BCUT2D eigenvalue weighted by molar-refractivity contribution is 0.149. The van der Waals surface area contributed by atoms with Crippen molar-refractivity contribution in [1.29, 1.82) is 0 Å². The third-order valence-corrected chi connectivity index (χ3v) is 3.63. The minimum atomic E-state index is 0.278. The van der Waals surface area contributed by atoms with Crippen LogP contribution in [0.25, 0.3) is 6.08 Å². The zero-order chi connectivity index (χ0) is 12.1. The Morgan fingerprint density at radius 1 is 1.35 bits per heavy atom. The Bertz CT molecular complexity index is 360. The van der Waals surface area contributed by atoms with Crippen LogP contribution >= 0.6 is 0 Å². The van der Waals surface area contributed by atoms with E-state index in [0.29, 0.717) is 12.0 Å². The highest BCUT2D eigenvalue weighted by molar-refractivity contribution is 5.48. The van der Waals surface area contributed by atoms with E-state index in [4.69, 9.17) is 0 Å². The quantitative estimate of drug-likeness (QED) is 0.860. The van der Waals surface area contributed by atoms with Gasteiger partial charge in [-0.05, 0) is 24.4 Å². The average Bonchev–Trinajstić information content (AvgIpc) is 2.71. The van der Waals surface area contributed by atoms with Crippen molar-refractivity contribution in [1.82, 2.24) is 4.90 Å². The normalized spacial score (nSPS) is 25.8. The number of likely N-dealkylation sites (tertiary alicyclic amines) is 1. The Hall–Kier alpha value is -1.12. The number of aliphatic hydroxyl groups excluding tert-OH is 1. The molecule has 17 heavy (non-hydrogen) atoms. The number of nitrogens with zero attached hydrogens (tertiary/aromatic N) is 1. The van der Waals surface area contributed by atoms with Crippen molar-refractivity contribution in [2.45, 2.75) is 19.4 Å². The third kappa shape index (κ3) is 3.18. The molecule has 1 fully saturated rings. The lowest BCUT2D eigenvalue weighted by Gasteiger charge is -2.23. The number of aliphatic hydroxyl groups is 1. The highest BCUT2D eigenvalue weighted by atomic mass is 16.3. The van der Waals surface area contributed by atoms with Crippen LogP contribution in [0.5, 0.6) is 0 Å². The first-order valence-corrected chi connectivity index (χ1v) is 6.38. The summed E-state index contributed by atoms with van der Waals surface area (Å²) < 4.78 is 0. The van der Waals surface area contributed by atoms with E-state index in [1.165, 1.54) is 12.0 Å². The molecule has 2 rings (SSSR count). The zero-order valence-corrected chi connectivity index (χ0v) is 10.4. The second-order valence-electron chi connectivity index (χ2n) is 4.82. The topological polar surface area (TPSA) is 23.5 Å². The van der Waals surface area contributed by atoms with Gasteiger partial charge in [-0.15, -0.1) is 0 Å². The van der Waals surface area contributed by atoms with Crippen LogP contribution in [0, 0.1) is 5.92 Å². The Morgan fingerprint density at radius 3 is 2.82 bits per heavy atom. The molecule has 1 heterocycles. The van der Waals surface area contributed by atoms with Crippen LogP contribution in [0.1, 0.15) is 18.9 Å². The first-order chi connectivity index (χ1) is 8.31. The second kappa shape index (κ2) is 5.99. The van der Waals surface area contributed by atoms with Crippen LogP contribution < -0.4 is 0 Å². The molecule has 1 aliphatic rings. The fraction of sp³-hybridized carbons (Fsp3) is 0.467. The maximum atomic E-state index is 9.36. The van der Waals surface area contributed by atoms with Crippen molar-refractivity contribution in [2.24, 2.45) is 5.92 Å². The van der Waals surface area contributed by atoms with Crippen molar-refractivity contribution < 1.29 is 5.11 Å². The smallest absolute Gasteiger partial charge is 0.0589 e. The van der Waals surface area contributed by atoms with E-state index in [9.17, 15) is 5.11 Å². The standard InChI is InChI=1S/C15H21NO/c1-13-9-11-16(15(13)12-17)10-5-8-14-6-3-2-4-7-14/h2-8,13,15,17H,9-12H2,1H3/b8-5+. The highest BCUT2D eigenvalue weighted by Crippen LogP contribution is 2.23. The van der Waals surface area contributed by atoms with Gasteiger partial charge in [0.05, 0.1) is 6.61 Å². The van der Waals surface area contributed by atoms with Gasteiger partial charge in [0, 0.05) is 12.6 Å². The molecular weight excluding hydrogens is 210 g/mol. The predicted octanol–water partition coefficient (Wildman–Crippen LogP) is 2.40. The molecule has 1 N–H and O–H groups in total. The van der Waals surface area contributed by atoms with Gasteiger partial charge in [0.2, 0.25) is 0 Å². The van der Waals surface area contributed by atoms with Gasteiger partial charge >= 0.3 is 0 Å². The molecule has 0 bridgehead atoms. The van der Waals surface area contributed by atoms with Gasteiger partial charge in [0.1, 0.15) is 0 Å². The molecule has 2 nitrogen and oxygen atoms in total. The van der Waals surface area contributed by atoms with Crippen LogP contribution in [0.3, 0.4) is 0 Å². The Balaban J connectivity index is 1.88. The van der Waals surface area contributed by atoms with E-state index in [1.54, 1.807) is 0 Å². The van der Waals surface area contributed by atoms with Gasteiger partial charge in [-0.1, -0.05) is 49.4 Å². The monoisotopic (exact) mass is 231 g/mol. The molecule has 92 valence electrons. The highest BCUT2D eigenvalue weighted by Gasteiger charge is 2.29. The number of hydrogen-bond donors (Lipinski definition) is 1. The van der Waals surface area contributed by atoms with Gasteiger partial charge in [0.15, 0.2) is 0 Å².